The maximum atomic E-state index is 11.2. The molecule has 1 saturated heterocycles. The highest BCUT2D eigenvalue weighted by molar-refractivity contribution is 5.56. The third-order valence-electron chi connectivity index (χ3n) is 6.92. The largest absolute Gasteiger partial charge is 0.393 e. The van der Waals surface area contributed by atoms with Crippen molar-refractivity contribution in [3.63, 3.8) is 0 Å². The number of rotatable bonds is 5. The minimum atomic E-state index is -0.256. The number of para-hydroxylation sites is 2. The molecule has 0 bridgehead atoms. The molecule has 0 radical (unpaired) electrons. The molecule has 4 unspecified atom stereocenters. The number of aliphatic hydroxyl groups is 1. The van der Waals surface area contributed by atoms with E-state index < -0.39 is 0 Å². The number of anilines is 2. The molecule has 29 heavy (non-hydrogen) atoms. The van der Waals surface area contributed by atoms with Crippen LogP contribution in [0.2, 0.25) is 0 Å². The van der Waals surface area contributed by atoms with Gasteiger partial charge in [0, 0.05) is 29.9 Å². The van der Waals surface area contributed by atoms with Gasteiger partial charge in [0.25, 0.3) is 0 Å². The van der Waals surface area contributed by atoms with Crippen LogP contribution >= 0.6 is 0 Å². The second-order valence-corrected chi connectivity index (χ2v) is 9.72. The van der Waals surface area contributed by atoms with Gasteiger partial charge in [-0.1, -0.05) is 63.6 Å². The maximum Gasteiger partial charge on any atom is 0.102 e. The van der Waals surface area contributed by atoms with Crippen LogP contribution in [0.4, 0.5) is 11.4 Å². The van der Waals surface area contributed by atoms with Gasteiger partial charge >= 0.3 is 0 Å². The molecule has 1 aliphatic heterocycles. The molecule has 1 aliphatic carbocycles. The van der Waals surface area contributed by atoms with Crippen LogP contribution in [0.25, 0.3) is 0 Å². The highest BCUT2D eigenvalue weighted by atomic mass is 16.3. The second-order valence-electron chi connectivity index (χ2n) is 9.72. The predicted molar refractivity (Wildman–Crippen MR) is 122 cm³/mol. The number of hydrogen-bond donors (Lipinski definition) is 1. The minimum absolute atomic E-state index is 0.165. The molecule has 156 valence electrons. The fraction of sp³-hybridized carbons (Fsp3) is 0.538. The lowest BCUT2D eigenvalue weighted by atomic mass is 9.67. The zero-order valence-corrected chi connectivity index (χ0v) is 18.2. The van der Waals surface area contributed by atoms with Crippen LogP contribution in [0.3, 0.4) is 0 Å². The summed E-state index contributed by atoms with van der Waals surface area (Å²) in [7, 11) is 0. The first-order chi connectivity index (χ1) is 14.0. The van der Waals surface area contributed by atoms with E-state index in [1.807, 2.05) is 0 Å². The molecule has 1 saturated carbocycles. The van der Waals surface area contributed by atoms with Gasteiger partial charge in [0.15, 0.2) is 0 Å². The van der Waals surface area contributed by atoms with Crippen LogP contribution in [-0.2, 0) is 0 Å². The first kappa shape index (κ1) is 20.3. The molecular weight excluding hydrogens is 356 g/mol. The molecule has 1 heterocycles. The Hall–Kier alpha value is -2.00. The van der Waals surface area contributed by atoms with Crippen molar-refractivity contribution in [3.05, 3.63) is 60.7 Å². The van der Waals surface area contributed by atoms with Crippen molar-refractivity contribution in [3.8, 4) is 0 Å². The van der Waals surface area contributed by atoms with E-state index >= 15 is 0 Å². The Morgan fingerprint density at radius 3 is 2.17 bits per heavy atom. The Kier molecular flexibility index (Phi) is 5.87. The first-order valence-corrected chi connectivity index (χ1v) is 11.3. The average Bonchev–Trinajstić information content (AvgIpc) is 2.72. The predicted octanol–water partition coefficient (Wildman–Crippen LogP) is 5.70. The summed E-state index contributed by atoms with van der Waals surface area (Å²) in [6.45, 7) is 7.85. The van der Waals surface area contributed by atoms with Crippen molar-refractivity contribution in [1.82, 2.24) is 0 Å². The van der Waals surface area contributed by atoms with E-state index in [2.05, 4.69) is 91.2 Å². The highest BCUT2D eigenvalue weighted by Gasteiger charge is 2.49. The molecule has 0 amide bonds. The van der Waals surface area contributed by atoms with Crippen molar-refractivity contribution in [2.24, 2.45) is 11.3 Å². The van der Waals surface area contributed by atoms with Crippen molar-refractivity contribution >= 4 is 11.4 Å². The lowest BCUT2D eigenvalue weighted by Crippen LogP contribution is -2.67. The number of nitrogens with zero attached hydrogens (tertiary/aromatic N) is 2. The molecule has 2 aliphatic rings. The number of fused-ring (bicyclic) bond motifs is 1. The fourth-order valence-electron chi connectivity index (χ4n) is 5.59. The Bertz CT molecular complexity index is 776. The topological polar surface area (TPSA) is 26.7 Å². The van der Waals surface area contributed by atoms with Gasteiger partial charge in [0.05, 0.1) is 6.10 Å². The summed E-state index contributed by atoms with van der Waals surface area (Å²) < 4.78 is 0. The van der Waals surface area contributed by atoms with Crippen LogP contribution in [0, 0.1) is 11.3 Å². The summed E-state index contributed by atoms with van der Waals surface area (Å²) in [5.74, 6) is 0.265. The molecule has 2 aromatic carbocycles. The third kappa shape index (κ3) is 4.16. The summed E-state index contributed by atoms with van der Waals surface area (Å²) in [5, 5.41) is 11.2. The summed E-state index contributed by atoms with van der Waals surface area (Å²) in [4.78, 5) is 5.21. The summed E-state index contributed by atoms with van der Waals surface area (Å²) in [6, 6.07) is 22.1. The van der Waals surface area contributed by atoms with Crippen molar-refractivity contribution < 1.29 is 5.11 Å². The molecule has 2 aromatic rings. The fourth-order valence-corrected chi connectivity index (χ4v) is 5.59. The summed E-state index contributed by atoms with van der Waals surface area (Å²) in [6.07, 6.45) is 5.63. The van der Waals surface area contributed by atoms with Gasteiger partial charge in [-0.3, -0.25) is 0 Å². The smallest absolute Gasteiger partial charge is 0.102 e. The van der Waals surface area contributed by atoms with Crippen LogP contribution < -0.4 is 9.80 Å². The van der Waals surface area contributed by atoms with E-state index in [4.69, 9.17) is 0 Å². The van der Waals surface area contributed by atoms with Crippen LogP contribution in [0.5, 0.6) is 0 Å². The van der Waals surface area contributed by atoms with Crippen molar-refractivity contribution in [1.29, 1.82) is 0 Å². The molecule has 0 aromatic heterocycles. The Morgan fingerprint density at radius 2 is 1.55 bits per heavy atom. The SMILES string of the molecule is CCCCC1N(c2ccccc2)CC2C(O)CC(C)(C)CC2N1c1ccccc1. The van der Waals surface area contributed by atoms with Gasteiger partial charge < -0.3 is 14.9 Å². The summed E-state index contributed by atoms with van der Waals surface area (Å²) >= 11 is 0. The quantitative estimate of drug-likeness (QED) is 0.707. The molecule has 0 spiro atoms. The van der Waals surface area contributed by atoms with Crippen molar-refractivity contribution in [2.45, 2.75) is 71.2 Å². The molecule has 4 atom stereocenters. The van der Waals surface area contributed by atoms with E-state index in [0.717, 1.165) is 25.8 Å². The highest BCUT2D eigenvalue weighted by Crippen LogP contribution is 2.46. The third-order valence-corrected chi connectivity index (χ3v) is 6.92. The van der Waals surface area contributed by atoms with Crippen molar-refractivity contribution in [2.75, 3.05) is 16.3 Å². The Labute approximate surface area is 176 Å². The molecule has 4 rings (SSSR count). The standard InChI is InChI=1S/C26H36N2O/c1-4-5-16-25-27(20-12-8-6-9-13-20)19-22-23(17-26(2,3)18-24(22)29)28(25)21-14-10-7-11-15-21/h6-15,22-25,29H,4-5,16-19H2,1-3H3. The lowest BCUT2D eigenvalue weighted by Gasteiger charge is -2.59. The lowest BCUT2D eigenvalue weighted by molar-refractivity contribution is -0.00747. The van der Waals surface area contributed by atoms with Gasteiger partial charge in [0.2, 0.25) is 0 Å². The van der Waals surface area contributed by atoms with Crippen LogP contribution in [-0.4, -0.2) is 30.0 Å². The van der Waals surface area contributed by atoms with Gasteiger partial charge in [-0.15, -0.1) is 0 Å². The monoisotopic (exact) mass is 392 g/mol. The molecule has 3 heteroatoms. The zero-order valence-electron chi connectivity index (χ0n) is 18.2. The van der Waals surface area contributed by atoms with E-state index in [9.17, 15) is 5.11 Å². The molecule has 1 N–H and O–H groups in total. The Balaban J connectivity index is 1.79. The molecular formula is C26H36N2O. The van der Waals surface area contributed by atoms with Gasteiger partial charge in [0.1, 0.15) is 6.17 Å². The molecule has 2 fully saturated rings. The van der Waals surface area contributed by atoms with Gasteiger partial charge in [-0.05, 0) is 55.4 Å². The minimum Gasteiger partial charge on any atom is -0.393 e. The van der Waals surface area contributed by atoms with E-state index in [0.29, 0.717) is 12.2 Å². The number of hydrogen-bond acceptors (Lipinski definition) is 3. The summed E-state index contributed by atoms with van der Waals surface area (Å²) in [5.41, 5.74) is 2.72. The van der Waals surface area contributed by atoms with Crippen LogP contribution in [0.1, 0.15) is 52.9 Å². The second kappa shape index (κ2) is 8.39. The maximum absolute atomic E-state index is 11.2. The normalized spacial score (nSPS) is 28.8. The molecule has 3 nitrogen and oxygen atoms in total. The van der Waals surface area contributed by atoms with Gasteiger partial charge in [-0.2, -0.15) is 0 Å². The van der Waals surface area contributed by atoms with E-state index in [1.165, 1.54) is 24.2 Å². The first-order valence-electron chi connectivity index (χ1n) is 11.3. The number of benzene rings is 2. The van der Waals surface area contributed by atoms with E-state index in [-0.39, 0.29) is 17.4 Å². The number of aliphatic hydroxyl groups excluding tert-OH is 1. The Morgan fingerprint density at radius 1 is 0.931 bits per heavy atom. The van der Waals surface area contributed by atoms with E-state index in [1.54, 1.807) is 0 Å². The number of unbranched alkanes of at least 4 members (excludes halogenated alkanes) is 1. The zero-order chi connectivity index (χ0) is 20.4. The van der Waals surface area contributed by atoms with Crippen LogP contribution in [0.15, 0.2) is 60.7 Å². The van der Waals surface area contributed by atoms with Gasteiger partial charge in [-0.25, -0.2) is 0 Å². The average molecular weight is 393 g/mol.